The summed E-state index contributed by atoms with van der Waals surface area (Å²) < 4.78 is 5.94. The molecule has 0 aliphatic carbocycles. The molecule has 1 atom stereocenters. The molecule has 1 saturated heterocycles. The van der Waals surface area contributed by atoms with E-state index in [1.807, 2.05) is 45.0 Å². The normalized spacial score (nSPS) is 16.4. The molecule has 1 N–H and O–H groups in total. The first-order valence-electron chi connectivity index (χ1n) is 9.88. The lowest BCUT2D eigenvalue weighted by Gasteiger charge is -2.32. The average molecular weight is 404 g/mol. The van der Waals surface area contributed by atoms with Crippen LogP contribution < -0.4 is 5.32 Å². The maximum Gasteiger partial charge on any atom is 0.272 e. The number of aromatic nitrogens is 4. The minimum Gasteiger partial charge on any atom is -0.368 e. The molecule has 4 rings (SSSR count). The SMILES string of the molecule is Cc1cc(Nc2nc(C)cc(C)n2)cc([C@@H]2CN(C(=O)c3ccccn3)CCO2)n1. The van der Waals surface area contributed by atoms with Gasteiger partial charge in [-0.15, -0.1) is 0 Å². The van der Waals surface area contributed by atoms with E-state index in [1.165, 1.54) is 0 Å². The zero-order chi connectivity index (χ0) is 21.1. The van der Waals surface area contributed by atoms with Crippen LogP contribution in [0.4, 0.5) is 11.6 Å². The summed E-state index contributed by atoms with van der Waals surface area (Å²) in [4.78, 5) is 32.2. The van der Waals surface area contributed by atoms with Crippen LogP contribution >= 0.6 is 0 Å². The maximum absolute atomic E-state index is 12.8. The molecule has 154 valence electrons. The summed E-state index contributed by atoms with van der Waals surface area (Å²) in [7, 11) is 0. The Kier molecular flexibility index (Phi) is 5.67. The predicted octanol–water partition coefficient (Wildman–Crippen LogP) is 3.15. The largest absolute Gasteiger partial charge is 0.368 e. The van der Waals surface area contributed by atoms with Crippen LogP contribution in [0, 0.1) is 20.8 Å². The molecular formula is C22H24N6O2. The van der Waals surface area contributed by atoms with E-state index < -0.39 is 0 Å². The molecule has 0 bridgehead atoms. The number of nitrogens with zero attached hydrogens (tertiary/aromatic N) is 5. The highest BCUT2D eigenvalue weighted by atomic mass is 16.5. The molecular weight excluding hydrogens is 380 g/mol. The van der Waals surface area contributed by atoms with Crippen molar-refractivity contribution in [2.75, 3.05) is 25.0 Å². The third-order valence-electron chi connectivity index (χ3n) is 4.78. The number of rotatable bonds is 4. The van der Waals surface area contributed by atoms with E-state index in [0.29, 0.717) is 31.3 Å². The van der Waals surface area contributed by atoms with Crippen LogP contribution in [0.25, 0.3) is 0 Å². The maximum atomic E-state index is 12.8. The fraction of sp³-hybridized carbons (Fsp3) is 0.318. The van der Waals surface area contributed by atoms with E-state index in [9.17, 15) is 4.79 Å². The topological polar surface area (TPSA) is 93.1 Å². The predicted molar refractivity (Wildman–Crippen MR) is 113 cm³/mol. The Hall–Kier alpha value is -3.39. The molecule has 1 aliphatic rings. The number of amides is 1. The highest BCUT2D eigenvalue weighted by Gasteiger charge is 2.28. The minimum absolute atomic E-state index is 0.0986. The number of hydrogen-bond acceptors (Lipinski definition) is 7. The summed E-state index contributed by atoms with van der Waals surface area (Å²) in [6.07, 6.45) is 1.31. The Balaban J connectivity index is 1.54. The van der Waals surface area contributed by atoms with Crippen molar-refractivity contribution >= 4 is 17.5 Å². The fourth-order valence-electron chi connectivity index (χ4n) is 3.51. The molecule has 30 heavy (non-hydrogen) atoms. The molecule has 8 heteroatoms. The van der Waals surface area contributed by atoms with Gasteiger partial charge in [0.25, 0.3) is 5.91 Å². The molecule has 0 aromatic carbocycles. The second kappa shape index (κ2) is 8.54. The highest BCUT2D eigenvalue weighted by Crippen LogP contribution is 2.25. The van der Waals surface area contributed by atoms with Crippen molar-refractivity contribution in [1.82, 2.24) is 24.8 Å². The van der Waals surface area contributed by atoms with Crippen molar-refractivity contribution in [1.29, 1.82) is 0 Å². The molecule has 0 saturated carbocycles. The molecule has 0 spiro atoms. The van der Waals surface area contributed by atoms with Crippen molar-refractivity contribution in [3.05, 3.63) is 71.1 Å². The monoisotopic (exact) mass is 404 g/mol. The first kappa shape index (κ1) is 19.9. The standard InChI is InChI=1S/C22H24N6O2/c1-14-10-15(2)26-22(25-14)27-17-11-16(3)24-19(12-17)20-13-28(8-9-30-20)21(29)18-6-4-5-7-23-18/h4-7,10-12,20H,8-9,13H2,1-3H3,(H,24,25,26,27)/t20-/m0/s1. The van der Waals surface area contributed by atoms with Gasteiger partial charge in [-0.3, -0.25) is 14.8 Å². The Morgan fingerprint density at radius 3 is 2.57 bits per heavy atom. The van der Waals surface area contributed by atoms with Crippen LogP contribution in [0.15, 0.2) is 42.6 Å². The fourth-order valence-corrected chi connectivity index (χ4v) is 3.51. The molecule has 1 fully saturated rings. The van der Waals surface area contributed by atoms with Crippen LogP contribution in [0.3, 0.4) is 0 Å². The summed E-state index contributed by atoms with van der Waals surface area (Å²) in [5.74, 6) is 0.444. The molecule has 0 radical (unpaired) electrons. The third-order valence-corrected chi connectivity index (χ3v) is 4.78. The minimum atomic E-state index is -0.313. The Bertz CT molecular complexity index is 1040. The number of carbonyl (C=O) groups is 1. The number of morpholine rings is 1. The van der Waals surface area contributed by atoms with Gasteiger partial charge in [0.15, 0.2) is 0 Å². The van der Waals surface area contributed by atoms with Crippen LogP contribution in [0.1, 0.15) is 39.4 Å². The zero-order valence-corrected chi connectivity index (χ0v) is 17.3. The van der Waals surface area contributed by atoms with Gasteiger partial charge < -0.3 is 15.0 Å². The Morgan fingerprint density at radius 1 is 1.07 bits per heavy atom. The molecule has 1 amide bonds. The summed E-state index contributed by atoms with van der Waals surface area (Å²) in [5, 5.41) is 3.26. The van der Waals surface area contributed by atoms with Gasteiger partial charge in [-0.2, -0.15) is 0 Å². The molecule has 3 aromatic rings. The second-order valence-corrected chi connectivity index (χ2v) is 7.35. The number of hydrogen-bond donors (Lipinski definition) is 1. The van der Waals surface area contributed by atoms with Crippen molar-refractivity contribution in [2.45, 2.75) is 26.9 Å². The van der Waals surface area contributed by atoms with Gasteiger partial charge in [-0.25, -0.2) is 9.97 Å². The highest BCUT2D eigenvalue weighted by molar-refractivity contribution is 5.92. The summed E-state index contributed by atoms with van der Waals surface area (Å²) in [5.41, 5.74) is 4.67. The first-order valence-corrected chi connectivity index (χ1v) is 9.88. The number of anilines is 2. The van der Waals surface area contributed by atoms with Gasteiger partial charge in [-0.1, -0.05) is 6.07 Å². The average Bonchev–Trinajstić information content (AvgIpc) is 2.73. The van der Waals surface area contributed by atoms with Gasteiger partial charge >= 0.3 is 0 Å². The van der Waals surface area contributed by atoms with Crippen molar-refractivity contribution in [2.24, 2.45) is 0 Å². The van der Waals surface area contributed by atoms with E-state index in [1.54, 1.807) is 23.2 Å². The van der Waals surface area contributed by atoms with Crippen LogP contribution in [0.5, 0.6) is 0 Å². The molecule has 3 aromatic heterocycles. The Labute approximate surface area is 175 Å². The van der Waals surface area contributed by atoms with Crippen LogP contribution in [-0.2, 0) is 4.74 Å². The van der Waals surface area contributed by atoms with E-state index in [-0.39, 0.29) is 12.0 Å². The quantitative estimate of drug-likeness (QED) is 0.714. The Morgan fingerprint density at radius 2 is 1.83 bits per heavy atom. The van der Waals surface area contributed by atoms with Gasteiger partial charge in [-0.05, 0) is 51.1 Å². The second-order valence-electron chi connectivity index (χ2n) is 7.35. The van der Waals surface area contributed by atoms with E-state index in [2.05, 4.69) is 25.3 Å². The van der Waals surface area contributed by atoms with Gasteiger partial charge in [0.05, 0.1) is 18.8 Å². The molecule has 8 nitrogen and oxygen atoms in total. The van der Waals surface area contributed by atoms with Crippen LogP contribution in [-0.4, -0.2) is 50.4 Å². The lowest BCUT2D eigenvalue weighted by atomic mass is 10.1. The van der Waals surface area contributed by atoms with Gasteiger partial charge in [0, 0.05) is 35.5 Å². The summed E-state index contributed by atoms with van der Waals surface area (Å²) >= 11 is 0. The smallest absolute Gasteiger partial charge is 0.272 e. The summed E-state index contributed by atoms with van der Waals surface area (Å²) in [6, 6.07) is 11.1. The lowest BCUT2D eigenvalue weighted by molar-refractivity contribution is -0.0249. The number of nitrogens with one attached hydrogen (secondary N) is 1. The van der Waals surface area contributed by atoms with Gasteiger partial charge in [0.2, 0.25) is 5.95 Å². The lowest BCUT2D eigenvalue weighted by Crippen LogP contribution is -2.42. The van der Waals surface area contributed by atoms with E-state index >= 15 is 0 Å². The van der Waals surface area contributed by atoms with Crippen molar-refractivity contribution < 1.29 is 9.53 Å². The molecule has 0 unspecified atom stereocenters. The molecule has 4 heterocycles. The first-order chi connectivity index (χ1) is 14.5. The van der Waals surface area contributed by atoms with Crippen molar-refractivity contribution in [3.63, 3.8) is 0 Å². The molecule has 1 aliphatic heterocycles. The summed E-state index contributed by atoms with van der Waals surface area (Å²) in [6.45, 7) is 7.20. The zero-order valence-electron chi connectivity index (χ0n) is 17.3. The van der Waals surface area contributed by atoms with E-state index in [0.717, 1.165) is 28.5 Å². The van der Waals surface area contributed by atoms with Crippen molar-refractivity contribution in [3.8, 4) is 0 Å². The van der Waals surface area contributed by atoms with Crippen LogP contribution in [0.2, 0.25) is 0 Å². The number of carbonyl (C=O) groups excluding carboxylic acids is 1. The van der Waals surface area contributed by atoms with E-state index in [4.69, 9.17) is 4.74 Å². The van der Waals surface area contributed by atoms with Gasteiger partial charge in [0.1, 0.15) is 11.8 Å². The number of aryl methyl sites for hydroxylation is 3. The number of ether oxygens (including phenoxy) is 1. The third kappa shape index (κ3) is 4.60. The number of pyridine rings is 2.